The van der Waals surface area contributed by atoms with Crippen molar-refractivity contribution in [3.8, 4) is 0 Å². The zero-order chi connectivity index (χ0) is 14.7. The first-order chi connectivity index (χ1) is 9.47. The molecule has 0 bridgehead atoms. The third-order valence-electron chi connectivity index (χ3n) is 3.25. The molecule has 2 N–H and O–H groups in total. The summed E-state index contributed by atoms with van der Waals surface area (Å²) in [6.07, 6.45) is 0. The monoisotopic (exact) mass is 273 g/mol. The first-order valence-electron chi connectivity index (χ1n) is 6.30. The fourth-order valence-electron chi connectivity index (χ4n) is 2.04. The molecule has 0 saturated heterocycles. The summed E-state index contributed by atoms with van der Waals surface area (Å²) in [5.41, 5.74) is 3.90. The predicted molar refractivity (Wildman–Crippen MR) is 76.6 cm³/mol. The lowest BCUT2D eigenvalue weighted by Gasteiger charge is -2.12. The quantitative estimate of drug-likeness (QED) is 0.891. The number of aromatic carboxylic acids is 1. The Bertz CT molecular complexity index is 653. The molecule has 0 aromatic heterocycles. The van der Waals surface area contributed by atoms with E-state index < -0.39 is 5.97 Å². The van der Waals surface area contributed by atoms with Crippen molar-refractivity contribution in [3.05, 3.63) is 64.5 Å². The Morgan fingerprint density at radius 2 is 1.90 bits per heavy atom. The fraction of sp³-hybridized carbons (Fsp3) is 0.188. The van der Waals surface area contributed by atoms with Crippen molar-refractivity contribution in [2.75, 3.05) is 5.32 Å². The number of carboxylic acid groups (broad SMARTS) is 1. The van der Waals surface area contributed by atoms with Gasteiger partial charge in [-0.05, 0) is 60.9 Å². The minimum absolute atomic E-state index is 0.242. The first kappa shape index (κ1) is 14.1. The van der Waals surface area contributed by atoms with Crippen LogP contribution in [0.2, 0.25) is 0 Å². The highest BCUT2D eigenvalue weighted by Gasteiger charge is 2.06. The molecule has 3 nitrogen and oxygen atoms in total. The Labute approximate surface area is 117 Å². The number of nitrogens with one attached hydrogen (secondary N) is 1. The van der Waals surface area contributed by atoms with E-state index in [2.05, 4.69) is 5.32 Å². The van der Waals surface area contributed by atoms with E-state index in [-0.39, 0.29) is 11.4 Å². The van der Waals surface area contributed by atoms with Gasteiger partial charge >= 0.3 is 5.97 Å². The molecule has 2 aromatic carbocycles. The molecule has 0 fully saturated rings. The van der Waals surface area contributed by atoms with Gasteiger partial charge in [0.05, 0.1) is 5.56 Å². The first-order valence-corrected chi connectivity index (χ1v) is 6.30. The van der Waals surface area contributed by atoms with Crippen LogP contribution in [0.1, 0.15) is 27.0 Å². The lowest BCUT2D eigenvalue weighted by atomic mass is 10.1. The Kier molecular flexibility index (Phi) is 4.03. The molecule has 20 heavy (non-hydrogen) atoms. The van der Waals surface area contributed by atoms with Crippen LogP contribution < -0.4 is 5.32 Å². The van der Waals surface area contributed by atoms with Crippen LogP contribution in [0.4, 0.5) is 10.1 Å². The molecule has 104 valence electrons. The third-order valence-corrected chi connectivity index (χ3v) is 3.25. The van der Waals surface area contributed by atoms with E-state index in [1.165, 1.54) is 12.1 Å². The van der Waals surface area contributed by atoms with Crippen LogP contribution >= 0.6 is 0 Å². The van der Waals surface area contributed by atoms with Crippen molar-refractivity contribution in [2.24, 2.45) is 0 Å². The van der Waals surface area contributed by atoms with Gasteiger partial charge in [0.2, 0.25) is 0 Å². The maximum absolute atomic E-state index is 13.0. The van der Waals surface area contributed by atoms with Gasteiger partial charge in [-0.25, -0.2) is 9.18 Å². The Balaban J connectivity index is 2.13. The van der Waals surface area contributed by atoms with Gasteiger partial charge in [0, 0.05) is 12.2 Å². The van der Waals surface area contributed by atoms with Crippen LogP contribution in [-0.4, -0.2) is 11.1 Å². The SMILES string of the molecule is Cc1cc(F)ccc1CNc1ccc(C(=O)O)cc1C. The van der Waals surface area contributed by atoms with Gasteiger partial charge in [-0.3, -0.25) is 0 Å². The zero-order valence-electron chi connectivity index (χ0n) is 11.4. The van der Waals surface area contributed by atoms with Crippen LogP contribution in [0.3, 0.4) is 0 Å². The Hall–Kier alpha value is -2.36. The Morgan fingerprint density at radius 1 is 1.15 bits per heavy atom. The molecule has 0 saturated carbocycles. The van der Waals surface area contributed by atoms with Gasteiger partial charge in [0.1, 0.15) is 5.82 Å². The number of carbonyl (C=O) groups is 1. The van der Waals surface area contributed by atoms with E-state index in [1.54, 1.807) is 24.3 Å². The van der Waals surface area contributed by atoms with E-state index in [1.807, 2.05) is 13.8 Å². The highest BCUT2D eigenvalue weighted by Crippen LogP contribution is 2.19. The number of benzene rings is 2. The summed E-state index contributed by atoms with van der Waals surface area (Å²) in [5, 5.41) is 12.2. The zero-order valence-corrected chi connectivity index (χ0v) is 11.4. The molecule has 0 heterocycles. The van der Waals surface area contributed by atoms with Gasteiger partial charge in [-0.1, -0.05) is 6.07 Å². The number of halogens is 1. The fourth-order valence-corrected chi connectivity index (χ4v) is 2.04. The molecule has 0 unspecified atom stereocenters. The summed E-state index contributed by atoms with van der Waals surface area (Å²) in [6, 6.07) is 9.62. The predicted octanol–water partition coefficient (Wildman–Crippen LogP) is 3.75. The maximum Gasteiger partial charge on any atom is 0.335 e. The number of hydrogen-bond donors (Lipinski definition) is 2. The van der Waals surface area contributed by atoms with Gasteiger partial charge in [0.15, 0.2) is 0 Å². The number of anilines is 1. The average molecular weight is 273 g/mol. The molecule has 0 aliphatic carbocycles. The maximum atomic E-state index is 13.0. The molecule has 0 aliphatic heterocycles. The van der Waals surface area contributed by atoms with Crippen LogP contribution in [0.5, 0.6) is 0 Å². The van der Waals surface area contributed by atoms with Crippen molar-refractivity contribution in [1.29, 1.82) is 0 Å². The number of aryl methyl sites for hydroxylation is 2. The third kappa shape index (κ3) is 3.15. The lowest BCUT2D eigenvalue weighted by molar-refractivity contribution is 0.0697. The van der Waals surface area contributed by atoms with Crippen molar-refractivity contribution >= 4 is 11.7 Å². The summed E-state index contributed by atoms with van der Waals surface area (Å²) in [6.45, 7) is 4.28. The van der Waals surface area contributed by atoms with Crippen molar-refractivity contribution in [2.45, 2.75) is 20.4 Å². The molecule has 2 rings (SSSR count). The summed E-state index contributed by atoms with van der Waals surface area (Å²) in [4.78, 5) is 10.9. The second kappa shape index (κ2) is 5.74. The number of rotatable bonds is 4. The molecule has 2 aromatic rings. The van der Waals surface area contributed by atoms with Gasteiger partial charge in [-0.2, -0.15) is 0 Å². The largest absolute Gasteiger partial charge is 0.478 e. The lowest BCUT2D eigenvalue weighted by Crippen LogP contribution is -2.04. The van der Waals surface area contributed by atoms with Crippen molar-refractivity contribution < 1.29 is 14.3 Å². The summed E-state index contributed by atoms with van der Waals surface area (Å²) >= 11 is 0. The Morgan fingerprint density at radius 3 is 2.50 bits per heavy atom. The minimum Gasteiger partial charge on any atom is -0.478 e. The van der Waals surface area contributed by atoms with E-state index in [0.29, 0.717) is 6.54 Å². The second-order valence-corrected chi connectivity index (χ2v) is 4.76. The summed E-state index contributed by atoms with van der Waals surface area (Å²) < 4.78 is 13.0. The van der Waals surface area contributed by atoms with E-state index in [9.17, 15) is 9.18 Å². The molecule has 0 radical (unpaired) electrons. The summed E-state index contributed by atoms with van der Waals surface area (Å²) in [7, 11) is 0. The molecule has 4 heteroatoms. The number of carboxylic acids is 1. The molecule has 0 amide bonds. The van der Waals surface area contributed by atoms with Gasteiger partial charge < -0.3 is 10.4 Å². The average Bonchev–Trinajstić information content (AvgIpc) is 2.38. The minimum atomic E-state index is -0.936. The highest BCUT2D eigenvalue weighted by atomic mass is 19.1. The van der Waals surface area contributed by atoms with Gasteiger partial charge in [0.25, 0.3) is 0 Å². The molecule has 0 spiro atoms. The second-order valence-electron chi connectivity index (χ2n) is 4.76. The molecular formula is C16H16FNO2. The van der Waals surface area contributed by atoms with Crippen LogP contribution in [0.25, 0.3) is 0 Å². The molecule has 0 atom stereocenters. The smallest absolute Gasteiger partial charge is 0.335 e. The van der Waals surface area contributed by atoms with E-state index in [0.717, 1.165) is 22.4 Å². The van der Waals surface area contributed by atoms with Crippen LogP contribution in [0, 0.1) is 19.7 Å². The van der Waals surface area contributed by atoms with Gasteiger partial charge in [-0.15, -0.1) is 0 Å². The van der Waals surface area contributed by atoms with Crippen molar-refractivity contribution in [3.63, 3.8) is 0 Å². The number of hydrogen-bond acceptors (Lipinski definition) is 2. The van der Waals surface area contributed by atoms with E-state index in [4.69, 9.17) is 5.11 Å². The van der Waals surface area contributed by atoms with E-state index >= 15 is 0 Å². The molecule has 0 aliphatic rings. The standard InChI is InChI=1S/C16H16FNO2/c1-10-8-14(17)5-3-13(10)9-18-15-6-4-12(16(19)20)7-11(15)2/h3-8,18H,9H2,1-2H3,(H,19,20). The van der Waals surface area contributed by atoms with Crippen molar-refractivity contribution in [1.82, 2.24) is 0 Å². The van der Waals surface area contributed by atoms with Crippen LogP contribution in [0.15, 0.2) is 36.4 Å². The normalized spacial score (nSPS) is 10.3. The van der Waals surface area contributed by atoms with Crippen LogP contribution in [-0.2, 0) is 6.54 Å². The summed E-state index contributed by atoms with van der Waals surface area (Å²) in [5.74, 6) is -1.18. The topological polar surface area (TPSA) is 49.3 Å². The highest BCUT2D eigenvalue weighted by molar-refractivity contribution is 5.88. The molecular weight excluding hydrogens is 257 g/mol.